The van der Waals surface area contributed by atoms with Crippen molar-refractivity contribution in [2.75, 3.05) is 125 Å². The number of anilines is 4. The number of halogens is 5. The van der Waals surface area contributed by atoms with Crippen LogP contribution in [0, 0.1) is 41.0 Å². The van der Waals surface area contributed by atoms with E-state index in [1.807, 2.05) is 0 Å². The fraction of sp³-hybridized carbons (Fsp3) is 0.484. The predicted molar refractivity (Wildman–Crippen MR) is 348 cm³/mol. The molecule has 512 valence electrons. The topological polar surface area (TPSA) is 294 Å². The first-order valence-corrected chi connectivity index (χ1v) is 31.1. The minimum Gasteiger partial charge on any atom is -0.490 e. The molecule has 7 aliphatic rings. The summed E-state index contributed by atoms with van der Waals surface area (Å²) in [5, 5.41) is 20.4. The smallest absolute Gasteiger partial charge is 0.414 e. The molecule has 6 amide bonds. The van der Waals surface area contributed by atoms with Crippen LogP contribution in [0.25, 0.3) is 11.0 Å². The molecule has 1 saturated carbocycles. The maximum absolute atomic E-state index is 15.2. The number of pyridine rings is 2. The van der Waals surface area contributed by atoms with Crippen molar-refractivity contribution in [1.82, 2.24) is 35.7 Å². The number of carboxylic acid groups (broad SMARTS) is 1. The number of carboxylic acids is 1. The zero-order chi connectivity index (χ0) is 66.9. The van der Waals surface area contributed by atoms with Crippen LogP contribution < -0.4 is 60.5 Å². The Morgan fingerprint density at radius 2 is 1.03 bits per heavy atom. The molecular formula is C64H76F4IN11O15. The number of ether oxygens (including phenoxy) is 6. The monoisotopic (exact) mass is 1440 g/mol. The molecule has 8 heterocycles. The van der Waals surface area contributed by atoms with Crippen LogP contribution in [0.15, 0.2) is 71.7 Å². The van der Waals surface area contributed by atoms with E-state index in [1.54, 1.807) is 27.7 Å². The Balaban J connectivity index is 0.000000177. The van der Waals surface area contributed by atoms with Crippen molar-refractivity contribution in [3.8, 4) is 17.2 Å². The predicted octanol–water partition coefficient (Wildman–Crippen LogP) is 6.59. The molecule has 0 bridgehead atoms. The first-order chi connectivity index (χ1) is 45.0. The summed E-state index contributed by atoms with van der Waals surface area (Å²) in [5.74, 6) is -3.25. The molecule has 1 aliphatic carbocycles. The number of rotatable bonds is 21. The molecule has 0 radical (unpaired) electrons. The Hall–Kier alpha value is -8.72. The van der Waals surface area contributed by atoms with Gasteiger partial charge in [0.15, 0.2) is 46.3 Å². The van der Waals surface area contributed by atoms with E-state index in [1.165, 1.54) is 78.1 Å². The Bertz CT molecular complexity index is 3730. The summed E-state index contributed by atoms with van der Waals surface area (Å²) >= 11 is 0. The van der Waals surface area contributed by atoms with Gasteiger partial charge in [0.2, 0.25) is 23.2 Å². The van der Waals surface area contributed by atoms with Gasteiger partial charge < -0.3 is 69.2 Å². The molecule has 31 heteroatoms. The fourth-order valence-electron chi connectivity index (χ4n) is 11.7. The summed E-state index contributed by atoms with van der Waals surface area (Å²) in [4.78, 5) is 106. The van der Waals surface area contributed by atoms with Crippen LogP contribution in [-0.4, -0.2) is 185 Å². The van der Waals surface area contributed by atoms with Crippen LogP contribution in [-0.2, 0) is 28.6 Å². The van der Waals surface area contributed by atoms with E-state index in [4.69, 9.17) is 28.4 Å². The number of fused-ring (bicyclic) bond motifs is 1. The minimum atomic E-state index is -1.37. The number of carbonyl (C=O) groups excluding carboxylic acids is 6. The highest BCUT2D eigenvalue weighted by Gasteiger charge is 2.37. The molecule has 2 aromatic heterocycles. The maximum Gasteiger partial charge on any atom is 0.414 e. The average Bonchev–Trinajstić information content (AvgIpc) is 1.74. The van der Waals surface area contributed by atoms with Crippen molar-refractivity contribution in [2.45, 2.75) is 77.2 Å². The molecule has 5 aromatic rings. The normalized spacial score (nSPS) is 21.4. The Kier molecular flexibility index (Phi) is 23.5. The van der Waals surface area contributed by atoms with Crippen molar-refractivity contribution in [2.24, 2.45) is 17.8 Å². The van der Waals surface area contributed by atoms with Crippen LogP contribution in [0.4, 0.5) is 54.8 Å². The summed E-state index contributed by atoms with van der Waals surface area (Å²) in [7, 11) is 2.06. The van der Waals surface area contributed by atoms with Crippen LogP contribution in [0.3, 0.4) is 0 Å². The van der Waals surface area contributed by atoms with Gasteiger partial charge in [0.25, 0.3) is 0 Å². The number of nitrogens with one attached hydrogen (secondary N) is 4. The molecule has 95 heavy (non-hydrogen) atoms. The second kappa shape index (κ2) is 31.7. The van der Waals surface area contributed by atoms with E-state index in [-0.39, 0.29) is 134 Å². The van der Waals surface area contributed by atoms with E-state index in [0.717, 1.165) is 57.9 Å². The van der Waals surface area contributed by atoms with Gasteiger partial charge in [-0.2, -0.15) is 0 Å². The standard InChI is InChI=1S/C29H29F2N5O7.C18H24FN3O4.C17H22FN3O4.HI/c1-15(37)32-10-19-12-36(29(41)43-19)18-4-5-24(22(30)8-18)42-14-16-6-7-34(11-16)27-23(31)9-20-25(38)21(28(39)40)13-35(17-2-3-17)26(20)33-27;1-12(23)20-8-15-10-22(18(24)26-15)14-3-4-17(16(19)7-14)25-11-13-5-6-21(2)9-13;1-11(22)20-8-14-9-21(17(23)25-14)13-2-3-16(15(18)6-13)24-10-12-4-5-19-7-12;/h4-5,8-9,13,16-17,19H,2-3,6-7,10-12,14H2,1H3,(H,32,37)(H,39,40);3-4,7,13,15H,5-6,8-11H2,1-2H3,(H,20,23);2-3,6,12,14,19H,4-5,7-10H2,1H3,(H,20,22);1H/t16?,19-;13?,15-;12?,14-;/m000./s1. The number of hydrogen-bond acceptors (Lipinski definition) is 18. The van der Waals surface area contributed by atoms with Gasteiger partial charge in [0, 0.05) is 95.1 Å². The summed E-state index contributed by atoms with van der Waals surface area (Å²) in [5.41, 5.74) is 0.167. The van der Waals surface area contributed by atoms with Gasteiger partial charge in [-0.3, -0.25) is 33.9 Å². The van der Waals surface area contributed by atoms with Gasteiger partial charge in [0.05, 0.1) is 81.5 Å². The quantitative estimate of drug-likeness (QED) is 0.0294. The number of aromatic carboxylic acids is 1. The molecule has 6 aliphatic heterocycles. The Labute approximate surface area is 560 Å². The zero-order valence-electron chi connectivity index (χ0n) is 52.7. The molecule has 3 aromatic carbocycles. The van der Waals surface area contributed by atoms with E-state index >= 15 is 4.39 Å². The maximum atomic E-state index is 15.2. The third-order valence-corrected chi connectivity index (χ3v) is 16.8. The Morgan fingerprint density at radius 3 is 1.42 bits per heavy atom. The van der Waals surface area contributed by atoms with Crippen molar-refractivity contribution in [3.63, 3.8) is 0 Å². The number of carbonyl (C=O) groups is 7. The van der Waals surface area contributed by atoms with Gasteiger partial charge in [-0.1, -0.05) is 0 Å². The van der Waals surface area contributed by atoms with E-state index in [9.17, 15) is 56.6 Å². The van der Waals surface area contributed by atoms with Crippen molar-refractivity contribution in [1.29, 1.82) is 0 Å². The highest BCUT2D eigenvalue weighted by Crippen LogP contribution is 2.38. The molecule has 6 atom stereocenters. The molecular weight excluding hydrogens is 1370 g/mol. The molecule has 6 saturated heterocycles. The minimum absolute atomic E-state index is 0. The first-order valence-electron chi connectivity index (χ1n) is 31.1. The van der Waals surface area contributed by atoms with Crippen molar-refractivity contribution in [3.05, 3.63) is 106 Å². The number of benzene rings is 3. The lowest BCUT2D eigenvalue weighted by Crippen LogP contribution is -2.33. The van der Waals surface area contributed by atoms with Gasteiger partial charge in [-0.05, 0) is 94.7 Å². The van der Waals surface area contributed by atoms with Crippen LogP contribution in [0.5, 0.6) is 17.2 Å². The highest BCUT2D eigenvalue weighted by molar-refractivity contribution is 14.0. The summed E-state index contributed by atoms with van der Waals surface area (Å²) in [6.45, 7) is 11.2. The van der Waals surface area contributed by atoms with E-state index in [2.05, 4.69) is 38.2 Å². The van der Waals surface area contributed by atoms with Gasteiger partial charge >= 0.3 is 24.2 Å². The zero-order valence-corrected chi connectivity index (χ0v) is 55.1. The third kappa shape index (κ3) is 18.2. The number of nitrogens with zero attached hydrogens (tertiary/aromatic N) is 7. The average molecular weight is 1440 g/mol. The van der Waals surface area contributed by atoms with Gasteiger partial charge in [-0.25, -0.2) is 41.7 Å². The second-order valence-electron chi connectivity index (χ2n) is 24.3. The third-order valence-electron chi connectivity index (χ3n) is 16.8. The van der Waals surface area contributed by atoms with Crippen molar-refractivity contribution < 1.29 is 84.7 Å². The molecule has 7 fully saturated rings. The molecule has 0 spiro atoms. The number of cyclic esters (lactones) is 3. The summed E-state index contributed by atoms with van der Waals surface area (Å²) in [6, 6.07) is 14.1. The highest BCUT2D eigenvalue weighted by atomic mass is 127. The molecule has 12 rings (SSSR count). The lowest BCUT2D eigenvalue weighted by molar-refractivity contribution is -0.120. The molecule has 5 N–H and O–H groups in total. The number of amides is 6. The van der Waals surface area contributed by atoms with Crippen LogP contribution in [0.1, 0.15) is 69.3 Å². The number of hydrogen-bond donors (Lipinski definition) is 5. The van der Waals surface area contributed by atoms with Crippen molar-refractivity contribution >= 4 is 99.9 Å². The molecule has 26 nitrogen and oxygen atoms in total. The van der Waals surface area contributed by atoms with Crippen LogP contribution >= 0.6 is 24.0 Å². The number of aromatic nitrogens is 2. The second-order valence-corrected chi connectivity index (χ2v) is 24.3. The largest absolute Gasteiger partial charge is 0.490 e. The first kappa shape index (κ1) is 70.6. The fourth-order valence-corrected chi connectivity index (χ4v) is 11.7. The lowest BCUT2D eigenvalue weighted by atomic mass is 10.1. The van der Waals surface area contributed by atoms with Crippen LogP contribution in [0.2, 0.25) is 0 Å². The summed E-state index contributed by atoms with van der Waals surface area (Å²) < 4.78 is 92.9. The van der Waals surface area contributed by atoms with E-state index < -0.39 is 76.8 Å². The SMILES string of the molecule is CC(=O)NC[C@H]1CN(c2ccc(OCC3CCN(C)C3)c(F)c2)C(=O)O1.CC(=O)NC[C@H]1CN(c2ccc(OCC3CCN(c4nc5c(cc4F)c(=O)c(C(=O)O)cn5C4CC4)C3)c(F)c2)C(=O)O1.CC(=O)NC[C@H]1CN(c2ccc(OCC3CCNC3)c(F)c2)C(=O)O1.I. The Morgan fingerprint density at radius 1 is 0.589 bits per heavy atom. The van der Waals surface area contributed by atoms with Gasteiger partial charge in [0.1, 0.15) is 29.5 Å². The number of likely N-dealkylation sites (tertiary alicyclic amines) is 1. The lowest BCUT2D eigenvalue weighted by Gasteiger charge is -2.20. The van der Waals surface area contributed by atoms with Gasteiger partial charge in [-0.15, -0.1) is 24.0 Å². The van der Waals surface area contributed by atoms with E-state index in [0.29, 0.717) is 61.6 Å². The summed E-state index contributed by atoms with van der Waals surface area (Å²) in [6.07, 6.45) is 2.41. The molecule has 3 unspecified atom stereocenters.